The molecule has 5 aliphatic heterocycles. The van der Waals surface area contributed by atoms with Crippen molar-refractivity contribution in [3.8, 4) is 0 Å². The summed E-state index contributed by atoms with van der Waals surface area (Å²) in [5, 5.41) is 101. The summed E-state index contributed by atoms with van der Waals surface area (Å²) in [6.07, 6.45) is -16.6. The standard InChI is InChI=1S/C55H88O24/c1-24-46(76-39-18-32(59)47(25(2)69-39)77-42-21-35(68-10)49(27(4)72-42)79-50-45(63)44(62)43(61)36(23-56)75-50)33(60)19-40(70-24)78-48-26(3)71-41(20-34(48)67-9)74-31-12-13-51(7)30(17-31)11-14-54(65)37(51)22-38(73-29(6)58)52(8)53(64,28(5)57)15-16-55(52,54)66/h11,24-27,31-50,56,59-66H,12-23H2,1-10H3. The number of methoxy groups -OCH3 is 2. The number of ketones is 1. The summed E-state index contributed by atoms with van der Waals surface area (Å²) in [5.41, 5.74) is -6.90. The second-order valence-electron chi connectivity index (χ2n) is 24.5. The number of Topliss-reactive ketones (excluding diaryl/α,β-unsaturated/α-hetero) is 1. The van der Waals surface area contributed by atoms with Gasteiger partial charge in [0, 0.05) is 52.7 Å². The molecule has 3 saturated carbocycles. The molecule has 0 aromatic heterocycles. The van der Waals surface area contributed by atoms with Gasteiger partial charge in [-0.3, -0.25) is 9.59 Å². The number of carbonyl (C=O) groups is 2. The molecule has 452 valence electrons. The third-order valence-electron chi connectivity index (χ3n) is 20.0. The van der Waals surface area contributed by atoms with E-state index in [1.54, 1.807) is 34.8 Å². The van der Waals surface area contributed by atoms with Crippen molar-refractivity contribution in [3.63, 3.8) is 0 Å². The van der Waals surface area contributed by atoms with Crippen LogP contribution in [0, 0.1) is 16.7 Å². The lowest BCUT2D eigenvalue weighted by atomic mass is 9.42. The highest BCUT2D eigenvalue weighted by Gasteiger charge is 2.81. The molecule has 5 heterocycles. The van der Waals surface area contributed by atoms with Crippen LogP contribution in [-0.2, 0) is 71.2 Å². The van der Waals surface area contributed by atoms with Crippen LogP contribution in [0.5, 0.6) is 0 Å². The maximum atomic E-state index is 13.1. The Hall–Kier alpha value is -1.96. The summed E-state index contributed by atoms with van der Waals surface area (Å²) in [6.45, 7) is 12.6. The normalized spacial score (nSPS) is 53.0. The number of aliphatic hydroxyl groups is 9. The molecule has 24 heteroatoms. The third-order valence-corrected chi connectivity index (χ3v) is 20.0. The first-order valence-electron chi connectivity index (χ1n) is 28.3. The van der Waals surface area contributed by atoms with Gasteiger partial charge in [0.25, 0.3) is 0 Å². The molecule has 9 N–H and O–H groups in total. The number of aliphatic hydroxyl groups excluding tert-OH is 6. The van der Waals surface area contributed by atoms with Crippen LogP contribution in [-0.4, -0.2) is 237 Å². The Balaban J connectivity index is 0.750. The molecule has 0 aromatic rings. The zero-order valence-corrected chi connectivity index (χ0v) is 47.1. The fraction of sp³-hybridized carbons (Fsp3) is 0.927. The van der Waals surface area contributed by atoms with Gasteiger partial charge in [-0.25, -0.2) is 0 Å². The Morgan fingerprint density at radius 2 is 1.14 bits per heavy atom. The minimum Gasteiger partial charge on any atom is -0.462 e. The summed E-state index contributed by atoms with van der Waals surface area (Å²) in [4.78, 5) is 25.6. The van der Waals surface area contributed by atoms with E-state index in [0.29, 0.717) is 25.7 Å². The largest absolute Gasteiger partial charge is 0.462 e. The van der Waals surface area contributed by atoms with Crippen molar-refractivity contribution in [1.82, 2.24) is 0 Å². The van der Waals surface area contributed by atoms with E-state index in [1.165, 1.54) is 21.0 Å². The van der Waals surface area contributed by atoms with E-state index < -0.39 is 187 Å². The third kappa shape index (κ3) is 10.8. The number of hydrogen-bond donors (Lipinski definition) is 9. The van der Waals surface area contributed by atoms with Crippen molar-refractivity contribution >= 4 is 11.8 Å². The summed E-state index contributed by atoms with van der Waals surface area (Å²) in [5.74, 6) is -1.71. The van der Waals surface area contributed by atoms with Crippen LogP contribution in [0.4, 0.5) is 0 Å². The van der Waals surface area contributed by atoms with Crippen molar-refractivity contribution in [2.75, 3.05) is 20.8 Å². The molecule has 29 atom stereocenters. The Kier molecular flexibility index (Phi) is 18.3. The number of esters is 1. The van der Waals surface area contributed by atoms with Crippen LogP contribution in [0.1, 0.15) is 126 Å². The van der Waals surface area contributed by atoms with Gasteiger partial charge in [-0.2, -0.15) is 0 Å². The monoisotopic (exact) mass is 1130 g/mol. The number of fused-ring (bicyclic) bond motifs is 5. The van der Waals surface area contributed by atoms with E-state index in [4.69, 9.17) is 61.6 Å². The summed E-state index contributed by atoms with van der Waals surface area (Å²) in [6, 6.07) is 0. The lowest BCUT2D eigenvalue weighted by Gasteiger charge is -2.67. The highest BCUT2D eigenvalue weighted by molar-refractivity contribution is 5.87. The maximum absolute atomic E-state index is 13.1. The number of hydrogen-bond acceptors (Lipinski definition) is 24. The number of rotatable bonds is 15. The van der Waals surface area contributed by atoms with Crippen molar-refractivity contribution in [2.24, 2.45) is 16.7 Å². The zero-order valence-electron chi connectivity index (χ0n) is 47.1. The predicted octanol–water partition coefficient (Wildman–Crippen LogP) is 0.0580. The molecular weight excluding hydrogens is 1040 g/mol. The van der Waals surface area contributed by atoms with Crippen LogP contribution in [0.2, 0.25) is 0 Å². The summed E-state index contributed by atoms with van der Waals surface area (Å²) >= 11 is 0. The summed E-state index contributed by atoms with van der Waals surface area (Å²) in [7, 11) is 3.05. The van der Waals surface area contributed by atoms with Gasteiger partial charge >= 0.3 is 5.97 Å². The van der Waals surface area contributed by atoms with Gasteiger partial charge < -0.3 is 108 Å². The molecule has 79 heavy (non-hydrogen) atoms. The van der Waals surface area contributed by atoms with Crippen molar-refractivity contribution < 1.29 is 117 Å². The molecule has 0 radical (unpaired) electrons. The molecule has 8 fully saturated rings. The van der Waals surface area contributed by atoms with Crippen LogP contribution < -0.4 is 0 Å². The van der Waals surface area contributed by atoms with E-state index in [1.807, 2.05) is 13.0 Å². The lowest BCUT2D eigenvalue weighted by Crippen LogP contribution is -2.78. The first-order chi connectivity index (χ1) is 37.2. The molecule has 9 aliphatic rings. The molecule has 0 spiro atoms. The van der Waals surface area contributed by atoms with Gasteiger partial charge in [0.2, 0.25) is 0 Å². The van der Waals surface area contributed by atoms with Gasteiger partial charge in [-0.1, -0.05) is 18.6 Å². The van der Waals surface area contributed by atoms with Crippen LogP contribution in [0.25, 0.3) is 0 Å². The maximum Gasteiger partial charge on any atom is 0.302 e. The van der Waals surface area contributed by atoms with Crippen LogP contribution in [0.3, 0.4) is 0 Å². The molecule has 4 aliphatic carbocycles. The minimum atomic E-state index is -2.01. The molecule has 0 aromatic carbocycles. The van der Waals surface area contributed by atoms with Crippen LogP contribution >= 0.6 is 0 Å². The highest BCUT2D eigenvalue weighted by atomic mass is 16.8. The van der Waals surface area contributed by atoms with Gasteiger partial charge in [0.15, 0.2) is 37.2 Å². The molecule has 24 nitrogen and oxygen atoms in total. The van der Waals surface area contributed by atoms with Gasteiger partial charge in [0.1, 0.15) is 71.7 Å². The molecule has 0 amide bonds. The summed E-state index contributed by atoms with van der Waals surface area (Å²) < 4.78 is 79.9. The quantitative estimate of drug-likeness (QED) is 0.0773. The smallest absolute Gasteiger partial charge is 0.302 e. The fourth-order valence-electron chi connectivity index (χ4n) is 15.4. The van der Waals surface area contributed by atoms with Gasteiger partial charge in [-0.05, 0) is 91.9 Å². The zero-order chi connectivity index (χ0) is 57.5. The Morgan fingerprint density at radius 3 is 1.65 bits per heavy atom. The second kappa shape index (κ2) is 23.5. The molecule has 5 saturated heterocycles. The molecule has 0 bridgehead atoms. The first kappa shape index (κ1) is 61.6. The highest BCUT2D eigenvalue weighted by Crippen LogP contribution is 2.71. The average Bonchev–Trinajstić information content (AvgIpc) is 3.93. The topological polar surface area (TPSA) is 336 Å². The molecule has 9 rings (SSSR count). The second-order valence-corrected chi connectivity index (χ2v) is 24.5. The predicted molar refractivity (Wildman–Crippen MR) is 269 cm³/mol. The van der Waals surface area contributed by atoms with Crippen molar-refractivity contribution in [1.29, 1.82) is 0 Å². The average molecular weight is 1130 g/mol. The van der Waals surface area contributed by atoms with E-state index in [0.717, 1.165) is 5.57 Å². The van der Waals surface area contributed by atoms with E-state index >= 15 is 0 Å². The fourth-order valence-corrected chi connectivity index (χ4v) is 15.4. The molecule has 29 unspecified atom stereocenters. The molecular formula is C55H88O24. The number of ether oxygens (including phenoxy) is 13. The Morgan fingerprint density at radius 1 is 0.633 bits per heavy atom. The van der Waals surface area contributed by atoms with E-state index in [9.17, 15) is 55.5 Å². The SMILES string of the molecule is COC1CC(OC2CCC3(C)C(=CCC4(O)C3CC(OC(C)=O)C3(C)C(O)(C(C)=O)CCC43O)C2)OC(C)C1OC1CC(O)C(OC2CC(O)C(OC3CC(OC)C(OC4OC(CO)C(O)C(O)C4O)C(C)O3)C(C)O2)C(C)O1. The van der Waals surface area contributed by atoms with E-state index in [2.05, 4.69) is 6.92 Å². The minimum absolute atomic E-state index is 0.00188. The lowest BCUT2D eigenvalue weighted by molar-refractivity contribution is -0.357. The van der Waals surface area contributed by atoms with Gasteiger partial charge in [-0.15, -0.1) is 0 Å². The Bertz CT molecular complexity index is 2150. The van der Waals surface area contributed by atoms with Gasteiger partial charge in [0.05, 0.1) is 67.0 Å². The van der Waals surface area contributed by atoms with Crippen molar-refractivity contribution in [2.45, 2.75) is 284 Å². The Labute approximate surface area is 461 Å². The number of carbonyl (C=O) groups excluding carboxylic acids is 2. The van der Waals surface area contributed by atoms with Crippen molar-refractivity contribution in [3.05, 3.63) is 11.6 Å². The van der Waals surface area contributed by atoms with Crippen LogP contribution in [0.15, 0.2) is 11.6 Å². The van der Waals surface area contributed by atoms with E-state index in [-0.39, 0.29) is 51.0 Å². The first-order valence-corrected chi connectivity index (χ1v) is 28.3.